The number of amides is 1. The summed E-state index contributed by atoms with van der Waals surface area (Å²) in [5.41, 5.74) is -1.25. The Bertz CT molecular complexity index is 1960. The first-order valence-corrected chi connectivity index (χ1v) is 16.4. The van der Waals surface area contributed by atoms with Crippen molar-refractivity contribution in [3.63, 3.8) is 0 Å². The Balaban J connectivity index is 1.64. The van der Waals surface area contributed by atoms with Gasteiger partial charge in [-0.15, -0.1) is 0 Å². The van der Waals surface area contributed by atoms with Crippen LogP contribution in [-0.2, 0) is 17.6 Å². The molecule has 0 unspecified atom stereocenters. The van der Waals surface area contributed by atoms with Gasteiger partial charge in [0, 0.05) is 18.8 Å². The van der Waals surface area contributed by atoms with E-state index in [1.54, 1.807) is 0 Å². The number of alkyl carbamates (subject to hydrolysis) is 1. The monoisotopic (exact) mass is 884 g/mol. The predicted octanol–water partition coefficient (Wildman–Crippen LogP) is 11.1. The van der Waals surface area contributed by atoms with Crippen LogP contribution < -0.4 is 5.32 Å². The van der Waals surface area contributed by atoms with E-state index in [1.165, 1.54) is 13.8 Å². The fraction of sp³-hybridized carbons (Fsp3) is 0.500. The first-order valence-electron chi connectivity index (χ1n) is 16.4. The zero-order valence-corrected chi connectivity index (χ0v) is 29.5. The van der Waals surface area contributed by atoms with Crippen LogP contribution in [0, 0.1) is 6.92 Å². The van der Waals surface area contributed by atoms with E-state index in [2.05, 4.69) is 10.3 Å². The Hall–Kier alpha value is -4.87. The molecule has 1 atom stereocenters. The second-order valence-electron chi connectivity index (χ2n) is 13.3. The number of alkyl halides is 18. The average molecular weight is 885 g/mol. The van der Waals surface area contributed by atoms with Gasteiger partial charge in [-0.25, -0.2) is 14.6 Å². The van der Waals surface area contributed by atoms with Crippen LogP contribution in [-0.4, -0.2) is 76.6 Å². The number of oxazole rings is 1. The van der Waals surface area contributed by atoms with Gasteiger partial charge in [0.25, 0.3) is 0 Å². The predicted molar refractivity (Wildman–Crippen MR) is 163 cm³/mol. The number of aromatic nitrogens is 1. The summed E-state index contributed by atoms with van der Waals surface area (Å²) in [7, 11) is 0. The fourth-order valence-electron chi connectivity index (χ4n) is 5.92. The lowest BCUT2D eigenvalue weighted by Gasteiger charge is -2.33. The van der Waals surface area contributed by atoms with E-state index in [9.17, 15) is 93.7 Å². The van der Waals surface area contributed by atoms with Crippen molar-refractivity contribution in [3.8, 4) is 11.1 Å². The second-order valence-corrected chi connectivity index (χ2v) is 13.3. The van der Waals surface area contributed by atoms with Crippen molar-refractivity contribution in [1.82, 2.24) is 10.3 Å². The summed E-state index contributed by atoms with van der Waals surface area (Å²) in [6.07, 6.45) is -22.6. The molecule has 1 heterocycles. The Morgan fingerprint density at radius 2 is 1.12 bits per heavy atom. The number of carboxylic acid groups (broad SMARTS) is 1. The zero-order valence-electron chi connectivity index (χ0n) is 29.5. The van der Waals surface area contributed by atoms with Crippen LogP contribution in [0.25, 0.3) is 11.1 Å². The number of fused-ring (bicyclic) bond motifs is 3. The number of hydrogen-bond donors (Lipinski definition) is 2. The number of carboxylic acids is 1. The Morgan fingerprint density at radius 1 is 0.712 bits per heavy atom. The summed E-state index contributed by atoms with van der Waals surface area (Å²) in [6, 6.07) is 4.84. The molecule has 328 valence electrons. The molecule has 0 saturated heterocycles. The number of aryl methyl sites for hydroxylation is 3. The molecule has 0 fully saturated rings. The molecule has 3 aromatic rings. The highest BCUT2D eigenvalue weighted by Crippen LogP contribution is 2.56. The normalized spacial score (nSPS) is 15.2. The number of aromatic carboxylic acids is 1. The summed E-state index contributed by atoms with van der Waals surface area (Å²) >= 11 is 0. The van der Waals surface area contributed by atoms with E-state index in [1.807, 2.05) is 0 Å². The summed E-state index contributed by atoms with van der Waals surface area (Å²) in [5, 5.41) is 11.4. The topological polar surface area (TPSA) is 102 Å². The molecule has 0 spiro atoms. The SMILES string of the molecule is Cc1oc([C@H](C)NC(=O)OCC2c3cc(CCC(F)(F)C(F)(F)C(F)(F)C(F)(F)F)ccc3-c3ccc(CCC(F)(F)C(F)(F)C(F)(F)C(F)(F)F)cc32)nc1C(=O)O. The average Bonchev–Trinajstić information content (AvgIpc) is 3.64. The van der Waals surface area contributed by atoms with E-state index >= 15 is 0 Å². The summed E-state index contributed by atoms with van der Waals surface area (Å²) in [5.74, 6) is -43.4. The van der Waals surface area contributed by atoms with Gasteiger partial charge < -0.3 is 19.6 Å². The van der Waals surface area contributed by atoms with Crippen molar-refractivity contribution >= 4 is 12.1 Å². The summed E-state index contributed by atoms with van der Waals surface area (Å²) in [6.45, 7) is 1.66. The molecule has 1 aromatic heterocycles. The first kappa shape index (κ1) is 46.8. The number of benzene rings is 2. The van der Waals surface area contributed by atoms with Crippen molar-refractivity contribution in [3.05, 3.63) is 76.0 Å². The number of ether oxygens (including phenoxy) is 1. The third kappa shape index (κ3) is 8.46. The number of halogens is 18. The molecular formula is C34H26F18N2O5. The maximum absolute atomic E-state index is 14.3. The molecule has 1 aliphatic rings. The number of nitrogens with one attached hydrogen (secondary N) is 1. The summed E-state index contributed by atoms with van der Waals surface area (Å²) in [4.78, 5) is 27.8. The van der Waals surface area contributed by atoms with Crippen LogP contribution in [0.5, 0.6) is 0 Å². The zero-order chi connectivity index (χ0) is 45.1. The van der Waals surface area contributed by atoms with Gasteiger partial charge in [-0.1, -0.05) is 36.4 Å². The summed E-state index contributed by atoms with van der Waals surface area (Å²) < 4.78 is 253. The highest BCUT2D eigenvalue weighted by molar-refractivity contribution is 5.86. The van der Waals surface area contributed by atoms with Gasteiger partial charge in [0.1, 0.15) is 18.4 Å². The first-order chi connectivity index (χ1) is 26.6. The number of rotatable bonds is 15. The highest BCUT2D eigenvalue weighted by Gasteiger charge is 2.82. The van der Waals surface area contributed by atoms with Gasteiger partial charge in [0.05, 0.1) is 0 Å². The maximum atomic E-state index is 14.3. The molecule has 2 aromatic carbocycles. The molecule has 0 saturated carbocycles. The number of carbonyl (C=O) groups excluding carboxylic acids is 1. The van der Waals surface area contributed by atoms with Gasteiger partial charge >= 0.3 is 60.0 Å². The molecule has 25 heteroatoms. The molecule has 1 aliphatic carbocycles. The standard InChI is InChI=1S/C34H26F18N2O5/c1-14(24-54-23(25(55)56)15(2)59-24)53-26(57)58-13-22-20-11-16(7-9-27(35,36)29(39,40)31(43,44)33(47,48)49)3-5-18(20)19-6-4-17(12-21(19)22)8-10-28(37,38)30(41,42)32(45,46)34(50,51)52/h3-6,11-12,14,22H,7-10,13H2,1-2H3,(H,53,57)(H,55,56)/t14-/m0/s1. The van der Waals surface area contributed by atoms with Crippen molar-refractivity contribution in [1.29, 1.82) is 0 Å². The van der Waals surface area contributed by atoms with Crippen LogP contribution in [0.1, 0.15) is 76.1 Å². The van der Waals surface area contributed by atoms with E-state index in [-0.39, 0.29) is 33.9 Å². The molecular weight excluding hydrogens is 858 g/mol. The highest BCUT2D eigenvalue weighted by atomic mass is 19.4. The van der Waals surface area contributed by atoms with Crippen molar-refractivity contribution in [2.24, 2.45) is 0 Å². The van der Waals surface area contributed by atoms with Gasteiger partial charge in [0.15, 0.2) is 5.69 Å². The molecule has 0 aliphatic heterocycles. The number of carbonyl (C=O) groups is 2. The Labute approximate surface area is 318 Å². The molecule has 0 bridgehead atoms. The third-order valence-electron chi connectivity index (χ3n) is 9.25. The van der Waals surface area contributed by atoms with Crippen molar-refractivity contribution < 1.29 is 103 Å². The van der Waals surface area contributed by atoms with Crippen LogP contribution in [0.15, 0.2) is 40.8 Å². The number of nitrogens with zero attached hydrogens (tertiary/aromatic N) is 1. The van der Waals surface area contributed by atoms with Gasteiger partial charge in [-0.2, -0.15) is 79.0 Å². The van der Waals surface area contributed by atoms with Crippen molar-refractivity contribution in [2.45, 2.75) is 99.4 Å². The molecule has 4 rings (SSSR count). The van der Waals surface area contributed by atoms with E-state index in [0.717, 1.165) is 36.4 Å². The quantitative estimate of drug-likeness (QED) is 0.147. The van der Waals surface area contributed by atoms with Crippen LogP contribution >= 0.6 is 0 Å². The minimum absolute atomic E-state index is 0.0673. The van der Waals surface area contributed by atoms with Crippen LogP contribution in [0.4, 0.5) is 83.8 Å². The lowest BCUT2D eigenvalue weighted by molar-refractivity contribution is -0.396. The lowest BCUT2D eigenvalue weighted by atomic mass is 9.92. The maximum Gasteiger partial charge on any atom is 0.460 e. The largest absolute Gasteiger partial charge is 0.476 e. The molecule has 0 radical (unpaired) electrons. The Kier molecular flexibility index (Phi) is 12.1. The Morgan fingerprint density at radius 3 is 1.47 bits per heavy atom. The lowest BCUT2D eigenvalue weighted by Crippen LogP contribution is -2.60. The minimum Gasteiger partial charge on any atom is -0.476 e. The second kappa shape index (κ2) is 15.3. The third-order valence-corrected chi connectivity index (χ3v) is 9.25. The minimum atomic E-state index is -7.16. The van der Waals surface area contributed by atoms with E-state index < -0.39 is 121 Å². The van der Waals surface area contributed by atoms with Crippen LogP contribution in [0.3, 0.4) is 0 Å². The fourth-order valence-corrected chi connectivity index (χ4v) is 5.92. The van der Waals surface area contributed by atoms with E-state index in [4.69, 9.17) is 9.15 Å². The van der Waals surface area contributed by atoms with Crippen molar-refractivity contribution in [2.75, 3.05) is 6.61 Å². The van der Waals surface area contributed by atoms with Gasteiger partial charge in [-0.05, 0) is 60.1 Å². The molecule has 1 amide bonds. The van der Waals surface area contributed by atoms with E-state index in [0.29, 0.717) is 0 Å². The van der Waals surface area contributed by atoms with Crippen LogP contribution in [0.2, 0.25) is 0 Å². The molecule has 59 heavy (non-hydrogen) atoms. The van der Waals surface area contributed by atoms with Gasteiger partial charge in [0.2, 0.25) is 5.89 Å². The smallest absolute Gasteiger partial charge is 0.460 e. The molecule has 7 nitrogen and oxygen atoms in total. The van der Waals surface area contributed by atoms with Gasteiger partial charge in [-0.3, -0.25) is 0 Å². The molecule has 2 N–H and O–H groups in total. The number of hydrogen-bond acceptors (Lipinski definition) is 5.